The van der Waals surface area contributed by atoms with E-state index in [0.717, 1.165) is 58.4 Å². The van der Waals surface area contributed by atoms with Crippen molar-refractivity contribution in [1.82, 2.24) is 14.7 Å². The van der Waals surface area contributed by atoms with Crippen LogP contribution in [0.2, 0.25) is 0 Å². The first-order chi connectivity index (χ1) is 14.6. The van der Waals surface area contributed by atoms with Gasteiger partial charge in [-0.2, -0.15) is 0 Å². The Morgan fingerprint density at radius 1 is 0.900 bits per heavy atom. The summed E-state index contributed by atoms with van der Waals surface area (Å²) >= 11 is 0. The van der Waals surface area contributed by atoms with Crippen molar-refractivity contribution in [3.63, 3.8) is 0 Å². The van der Waals surface area contributed by atoms with Crippen LogP contribution >= 0.6 is 0 Å². The van der Waals surface area contributed by atoms with E-state index in [1.165, 1.54) is 30.5 Å². The predicted molar refractivity (Wildman–Crippen MR) is 119 cm³/mol. The number of likely N-dealkylation sites (tertiary alicyclic amines) is 2. The van der Waals surface area contributed by atoms with Gasteiger partial charge in [0.2, 0.25) is 5.91 Å². The molecule has 1 atom stereocenters. The van der Waals surface area contributed by atoms with Gasteiger partial charge in [0.25, 0.3) is 0 Å². The van der Waals surface area contributed by atoms with Crippen molar-refractivity contribution < 1.29 is 9.59 Å². The van der Waals surface area contributed by atoms with Crippen molar-refractivity contribution in [2.45, 2.75) is 51.5 Å². The van der Waals surface area contributed by atoms with Crippen LogP contribution in [0.5, 0.6) is 0 Å². The average Bonchev–Trinajstić information content (AvgIpc) is 3.34. The van der Waals surface area contributed by atoms with Crippen LogP contribution < -0.4 is 4.90 Å². The van der Waals surface area contributed by atoms with Gasteiger partial charge in [-0.1, -0.05) is 18.2 Å². The topological polar surface area (TPSA) is 47.1 Å². The summed E-state index contributed by atoms with van der Waals surface area (Å²) in [7, 11) is 1.91. The third-order valence-electron chi connectivity index (χ3n) is 6.89. The first-order valence-electron chi connectivity index (χ1n) is 11.7. The Hall–Kier alpha value is -2.24. The van der Waals surface area contributed by atoms with Crippen molar-refractivity contribution >= 4 is 17.6 Å². The number of hydrogen-bond acceptors (Lipinski definition) is 3. The van der Waals surface area contributed by atoms with Gasteiger partial charge >= 0.3 is 6.03 Å². The molecule has 3 amide bonds. The van der Waals surface area contributed by atoms with E-state index in [-0.39, 0.29) is 17.9 Å². The number of anilines is 1. The number of rotatable bonds is 4. The van der Waals surface area contributed by atoms with Gasteiger partial charge < -0.3 is 19.6 Å². The SMILES string of the molecule is CN(Cc1ccccc1N1CCCCC1)C(=O)C1CCCN(C(=O)N2CCCC2)C1. The average molecular weight is 413 g/mol. The lowest BCUT2D eigenvalue weighted by Gasteiger charge is -2.36. The van der Waals surface area contributed by atoms with Crippen LogP contribution in [0.1, 0.15) is 50.5 Å². The van der Waals surface area contributed by atoms with Gasteiger partial charge in [0, 0.05) is 58.5 Å². The van der Waals surface area contributed by atoms with Crippen LogP contribution in [0.4, 0.5) is 10.5 Å². The number of nitrogens with zero attached hydrogens (tertiary/aromatic N) is 4. The van der Waals surface area contributed by atoms with Crippen molar-refractivity contribution in [1.29, 1.82) is 0 Å². The van der Waals surface area contributed by atoms with Gasteiger partial charge in [0.15, 0.2) is 0 Å². The molecule has 3 aliphatic heterocycles. The highest BCUT2D eigenvalue weighted by Gasteiger charge is 2.33. The highest BCUT2D eigenvalue weighted by Crippen LogP contribution is 2.27. The van der Waals surface area contributed by atoms with Crippen LogP contribution in [-0.4, -0.2) is 73.0 Å². The Balaban J connectivity index is 1.38. The third kappa shape index (κ3) is 4.73. The lowest BCUT2D eigenvalue weighted by atomic mass is 9.96. The second kappa shape index (κ2) is 9.71. The Labute approximate surface area is 180 Å². The van der Waals surface area contributed by atoms with Crippen LogP contribution in [0.15, 0.2) is 24.3 Å². The summed E-state index contributed by atoms with van der Waals surface area (Å²) in [4.78, 5) is 34.2. The molecule has 0 saturated carbocycles. The Morgan fingerprint density at radius 2 is 1.57 bits per heavy atom. The van der Waals surface area contributed by atoms with E-state index in [4.69, 9.17) is 0 Å². The van der Waals surface area contributed by atoms with Crippen molar-refractivity contribution in [3.8, 4) is 0 Å². The molecule has 0 aliphatic carbocycles. The van der Waals surface area contributed by atoms with Crippen molar-refractivity contribution in [3.05, 3.63) is 29.8 Å². The standard InChI is InChI=1S/C24H36N4O2/c1-25(18-20-10-3-4-12-22(20)26-13-5-2-6-14-26)23(29)21-11-9-17-28(19-21)24(30)27-15-7-8-16-27/h3-4,10,12,21H,2,5-9,11,13-19H2,1H3. The van der Waals surface area contributed by atoms with Crippen LogP contribution in [0, 0.1) is 5.92 Å². The fraction of sp³-hybridized carbons (Fsp3) is 0.667. The zero-order chi connectivity index (χ0) is 20.9. The normalized spacial score (nSPS) is 22.3. The molecule has 3 fully saturated rings. The molecule has 0 bridgehead atoms. The van der Waals surface area contributed by atoms with E-state index in [0.29, 0.717) is 13.1 Å². The van der Waals surface area contributed by atoms with E-state index < -0.39 is 0 Å². The van der Waals surface area contributed by atoms with Crippen molar-refractivity contribution in [2.24, 2.45) is 5.92 Å². The second-order valence-electron chi connectivity index (χ2n) is 9.13. The Bertz CT molecular complexity index is 740. The third-order valence-corrected chi connectivity index (χ3v) is 6.89. The summed E-state index contributed by atoms with van der Waals surface area (Å²) in [5.41, 5.74) is 2.49. The first kappa shape index (κ1) is 21.0. The maximum absolute atomic E-state index is 13.2. The summed E-state index contributed by atoms with van der Waals surface area (Å²) in [6.07, 6.45) is 7.78. The minimum atomic E-state index is -0.0857. The van der Waals surface area contributed by atoms with Gasteiger partial charge in [-0.25, -0.2) is 4.79 Å². The Morgan fingerprint density at radius 3 is 2.33 bits per heavy atom. The summed E-state index contributed by atoms with van der Waals surface area (Å²) in [5.74, 6) is 0.0832. The number of benzene rings is 1. The molecule has 0 spiro atoms. The molecule has 3 saturated heterocycles. The zero-order valence-electron chi connectivity index (χ0n) is 18.4. The molecule has 3 heterocycles. The quantitative estimate of drug-likeness (QED) is 0.760. The molecule has 0 aromatic heterocycles. The van der Waals surface area contributed by atoms with E-state index in [9.17, 15) is 9.59 Å². The number of piperidine rings is 2. The van der Waals surface area contributed by atoms with Gasteiger partial charge in [0.1, 0.15) is 0 Å². The Kier molecular flexibility index (Phi) is 6.80. The molecule has 0 radical (unpaired) electrons. The molecule has 6 nitrogen and oxygen atoms in total. The summed E-state index contributed by atoms with van der Waals surface area (Å²) < 4.78 is 0. The largest absolute Gasteiger partial charge is 0.371 e. The van der Waals surface area contributed by atoms with Gasteiger partial charge in [-0.05, 0) is 56.6 Å². The number of hydrogen-bond donors (Lipinski definition) is 0. The van der Waals surface area contributed by atoms with Crippen LogP contribution in [0.3, 0.4) is 0 Å². The summed E-state index contributed by atoms with van der Waals surface area (Å²) in [6.45, 7) is 5.90. The molecule has 164 valence electrons. The van der Waals surface area contributed by atoms with Gasteiger partial charge in [-0.3, -0.25) is 4.79 Å². The minimum Gasteiger partial charge on any atom is -0.371 e. The molecule has 1 aromatic carbocycles. The van der Waals surface area contributed by atoms with Crippen molar-refractivity contribution in [2.75, 3.05) is 51.2 Å². The maximum Gasteiger partial charge on any atom is 0.320 e. The molecule has 1 unspecified atom stereocenters. The number of carbonyl (C=O) groups is 2. The predicted octanol–water partition coefficient (Wildman–Crippen LogP) is 3.56. The van der Waals surface area contributed by atoms with E-state index >= 15 is 0 Å². The molecular weight excluding hydrogens is 376 g/mol. The minimum absolute atomic E-state index is 0.0857. The zero-order valence-corrected chi connectivity index (χ0v) is 18.4. The molecule has 0 N–H and O–H groups in total. The number of amides is 3. The second-order valence-corrected chi connectivity index (χ2v) is 9.13. The monoisotopic (exact) mass is 412 g/mol. The molecule has 3 aliphatic rings. The lowest BCUT2D eigenvalue weighted by molar-refractivity contribution is -0.136. The fourth-order valence-corrected chi connectivity index (χ4v) is 5.19. The molecular formula is C24H36N4O2. The smallest absolute Gasteiger partial charge is 0.320 e. The van der Waals surface area contributed by atoms with Gasteiger partial charge in [-0.15, -0.1) is 0 Å². The highest BCUT2D eigenvalue weighted by atomic mass is 16.2. The van der Waals surface area contributed by atoms with Crippen LogP contribution in [0.25, 0.3) is 0 Å². The molecule has 30 heavy (non-hydrogen) atoms. The molecule has 4 rings (SSSR count). The van der Waals surface area contributed by atoms with E-state index in [1.54, 1.807) is 0 Å². The first-order valence-corrected chi connectivity index (χ1v) is 11.7. The summed E-state index contributed by atoms with van der Waals surface area (Å²) in [5, 5.41) is 0. The lowest BCUT2D eigenvalue weighted by Crippen LogP contribution is -2.49. The van der Waals surface area contributed by atoms with Gasteiger partial charge in [0.05, 0.1) is 5.92 Å². The summed E-state index contributed by atoms with van der Waals surface area (Å²) in [6, 6.07) is 8.63. The highest BCUT2D eigenvalue weighted by molar-refractivity contribution is 5.81. The number of carbonyl (C=O) groups excluding carboxylic acids is 2. The fourth-order valence-electron chi connectivity index (χ4n) is 5.19. The number of para-hydroxylation sites is 1. The molecule has 6 heteroatoms. The molecule has 1 aromatic rings. The van der Waals surface area contributed by atoms with Crippen LogP contribution in [-0.2, 0) is 11.3 Å². The maximum atomic E-state index is 13.2. The number of urea groups is 1. The van der Waals surface area contributed by atoms with E-state index in [1.807, 2.05) is 21.7 Å². The van der Waals surface area contributed by atoms with E-state index in [2.05, 4.69) is 29.2 Å².